The number of halogens is 6. The molecule has 2 aliphatic rings. The second-order valence-corrected chi connectivity index (χ2v) is 7.64. The van der Waals surface area contributed by atoms with Gasteiger partial charge < -0.3 is 9.47 Å². The summed E-state index contributed by atoms with van der Waals surface area (Å²) >= 11 is 0. The molecule has 0 saturated heterocycles. The van der Waals surface area contributed by atoms with Gasteiger partial charge in [-0.25, -0.2) is 18.0 Å². The molecule has 0 N–H and O–H groups in total. The van der Waals surface area contributed by atoms with Gasteiger partial charge in [0.2, 0.25) is 11.3 Å². The number of carbonyl (C=O) groups excluding carboxylic acids is 1. The largest absolute Gasteiger partial charge is 0.509 e. The summed E-state index contributed by atoms with van der Waals surface area (Å²) in [6.45, 7) is 4.23. The molecule has 140 valence electrons. The molecule has 2 aliphatic carbocycles. The van der Waals surface area contributed by atoms with E-state index in [1.165, 1.54) is 20.8 Å². The first kappa shape index (κ1) is 19.2. The molecule has 4 atom stereocenters. The third kappa shape index (κ3) is 2.54. The molecule has 0 radical (unpaired) electrons. The Morgan fingerprint density at radius 1 is 0.958 bits per heavy atom. The second kappa shape index (κ2) is 5.17. The van der Waals surface area contributed by atoms with Crippen LogP contribution in [-0.2, 0) is 9.47 Å². The van der Waals surface area contributed by atoms with Crippen LogP contribution in [0.4, 0.5) is 31.1 Å². The molecule has 3 nitrogen and oxygen atoms in total. The minimum atomic E-state index is -5.54. The van der Waals surface area contributed by atoms with Crippen LogP contribution >= 0.6 is 0 Å². The van der Waals surface area contributed by atoms with Crippen molar-refractivity contribution in [3.8, 4) is 0 Å². The van der Waals surface area contributed by atoms with Crippen molar-refractivity contribution >= 4 is 6.16 Å². The fraction of sp³-hybridized carbons (Fsp3) is 0.933. The van der Waals surface area contributed by atoms with E-state index >= 15 is 4.39 Å². The highest BCUT2D eigenvalue weighted by atomic mass is 19.4. The molecule has 2 saturated carbocycles. The molecule has 2 fully saturated rings. The van der Waals surface area contributed by atoms with Crippen LogP contribution in [0.1, 0.15) is 47.0 Å². The third-order valence-electron chi connectivity index (χ3n) is 4.91. The van der Waals surface area contributed by atoms with Gasteiger partial charge in [-0.1, -0.05) is 0 Å². The number of alkyl halides is 6. The summed E-state index contributed by atoms with van der Waals surface area (Å²) in [5, 5.41) is 0. The lowest BCUT2D eigenvalue weighted by Crippen LogP contribution is -2.70. The number of carbonyl (C=O) groups is 1. The summed E-state index contributed by atoms with van der Waals surface area (Å²) in [7, 11) is 0. The minimum Gasteiger partial charge on any atom is -0.429 e. The van der Waals surface area contributed by atoms with Gasteiger partial charge in [0.25, 0.3) is 5.92 Å². The lowest BCUT2D eigenvalue weighted by atomic mass is 9.71. The summed E-state index contributed by atoms with van der Waals surface area (Å²) in [6, 6.07) is 0. The molecule has 0 spiro atoms. The fourth-order valence-electron chi connectivity index (χ4n) is 3.72. The van der Waals surface area contributed by atoms with Gasteiger partial charge in [-0.3, -0.25) is 0 Å². The molecular formula is C15H20F6O3. The molecule has 0 heterocycles. The second-order valence-electron chi connectivity index (χ2n) is 7.64. The molecule has 0 aromatic rings. The Morgan fingerprint density at radius 2 is 1.46 bits per heavy atom. The molecule has 24 heavy (non-hydrogen) atoms. The number of fused-ring (bicyclic) bond motifs is 2. The van der Waals surface area contributed by atoms with Gasteiger partial charge >= 0.3 is 12.3 Å². The van der Waals surface area contributed by atoms with Crippen molar-refractivity contribution in [2.75, 3.05) is 0 Å². The van der Waals surface area contributed by atoms with Crippen molar-refractivity contribution < 1.29 is 40.6 Å². The normalized spacial score (nSPS) is 34.8. The molecule has 4 unspecified atom stereocenters. The van der Waals surface area contributed by atoms with Gasteiger partial charge in [-0.05, 0) is 47.0 Å². The molecule has 0 aromatic heterocycles. The van der Waals surface area contributed by atoms with Gasteiger partial charge in [0.05, 0.1) is 0 Å². The SMILES string of the molecule is CC(C)(C)OC(=O)OC(C)(C(F)(F)F)C1(F)C2CCC(C2)C1(F)F. The van der Waals surface area contributed by atoms with E-state index in [1.54, 1.807) is 0 Å². The number of rotatable bonds is 2. The van der Waals surface area contributed by atoms with Crippen LogP contribution in [0.15, 0.2) is 0 Å². The van der Waals surface area contributed by atoms with Gasteiger partial charge in [0.15, 0.2) is 0 Å². The predicted octanol–water partition coefficient (Wildman–Crippen LogP) is 5.03. The maximum absolute atomic E-state index is 15.3. The number of hydrogen-bond acceptors (Lipinski definition) is 3. The number of hydrogen-bond donors (Lipinski definition) is 0. The summed E-state index contributed by atoms with van der Waals surface area (Å²) in [6.07, 6.45) is -7.90. The average molecular weight is 362 g/mol. The topological polar surface area (TPSA) is 35.5 Å². The molecule has 0 amide bonds. The van der Waals surface area contributed by atoms with Crippen LogP contribution in [0.25, 0.3) is 0 Å². The fourth-order valence-corrected chi connectivity index (χ4v) is 3.72. The quantitative estimate of drug-likeness (QED) is 0.510. The van der Waals surface area contributed by atoms with Crippen LogP contribution in [0.2, 0.25) is 0 Å². The van der Waals surface area contributed by atoms with E-state index in [1.807, 2.05) is 0 Å². The summed E-state index contributed by atoms with van der Waals surface area (Å²) in [4.78, 5) is 11.7. The molecule has 2 rings (SSSR count). The van der Waals surface area contributed by atoms with E-state index in [2.05, 4.69) is 9.47 Å². The summed E-state index contributed by atoms with van der Waals surface area (Å²) < 4.78 is 93.6. The molecule has 2 bridgehead atoms. The molecule has 9 heteroatoms. The molecular weight excluding hydrogens is 342 g/mol. The van der Waals surface area contributed by atoms with E-state index in [0.717, 1.165) is 0 Å². The maximum Gasteiger partial charge on any atom is 0.509 e. The summed E-state index contributed by atoms with van der Waals surface area (Å²) in [5.41, 5.74) is -9.26. The lowest BCUT2D eigenvalue weighted by Gasteiger charge is -2.48. The first-order valence-electron chi connectivity index (χ1n) is 7.61. The van der Waals surface area contributed by atoms with Crippen molar-refractivity contribution in [2.45, 2.75) is 75.9 Å². The van der Waals surface area contributed by atoms with Gasteiger partial charge in [0.1, 0.15) is 5.60 Å². The zero-order valence-electron chi connectivity index (χ0n) is 13.8. The zero-order valence-corrected chi connectivity index (χ0v) is 13.8. The van der Waals surface area contributed by atoms with Crippen LogP contribution in [0.5, 0.6) is 0 Å². The molecule has 0 aromatic carbocycles. The highest BCUT2D eigenvalue weighted by Gasteiger charge is 2.85. The van der Waals surface area contributed by atoms with Crippen molar-refractivity contribution in [2.24, 2.45) is 11.8 Å². The van der Waals surface area contributed by atoms with Crippen LogP contribution in [0.3, 0.4) is 0 Å². The van der Waals surface area contributed by atoms with Crippen LogP contribution in [0, 0.1) is 11.8 Å². The zero-order chi connectivity index (χ0) is 18.8. The highest BCUT2D eigenvalue weighted by molar-refractivity contribution is 5.61. The number of ether oxygens (including phenoxy) is 2. The smallest absolute Gasteiger partial charge is 0.429 e. The van der Waals surface area contributed by atoms with Crippen LogP contribution < -0.4 is 0 Å². The first-order valence-corrected chi connectivity index (χ1v) is 7.61. The molecule has 0 aliphatic heterocycles. The van der Waals surface area contributed by atoms with Crippen molar-refractivity contribution in [3.05, 3.63) is 0 Å². The van der Waals surface area contributed by atoms with Gasteiger partial charge in [-0.2, -0.15) is 13.2 Å². The Hall–Kier alpha value is -1.15. The minimum absolute atomic E-state index is 0.0519. The first-order chi connectivity index (χ1) is 10.6. The van der Waals surface area contributed by atoms with Crippen molar-refractivity contribution in [3.63, 3.8) is 0 Å². The highest BCUT2D eigenvalue weighted by Crippen LogP contribution is 2.67. The van der Waals surface area contributed by atoms with E-state index in [-0.39, 0.29) is 26.2 Å². The van der Waals surface area contributed by atoms with Gasteiger partial charge in [0, 0.05) is 11.8 Å². The van der Waals surface area contributed by atoms with E-state index in [9.17, 15) is 26.7 Å². The van der Waals surface area contributed by atoms with Crippen LogP contribution in [-0.4, -0.2) is 35.1 Å². The monoisotopic (exact) mass is 362 g/mol. The Labute approximate surface area is 135 Å². The van der Waals surface area contributed by atoms with Gasteiger partial charge in [-0.15, -0.1) is 0 Å². The Morgan fingerprint density at radius 3 is 1.83 bits per heavy atom. The Kier molecular flexibility index (Phi) is 4.13. The maximum atomic E-state index is 15.3. The van der Waals surface area contributed by atoms with E-state index < -0.39 is 47.0 Å². The predicted molar refractivity (Wildman–Crippen MR) is 71.4 cm³/mol. The lowest BCUT2D eigenvalue weighted by molar-refractivity contribution is -0.345. The average Bonchev–Trinajstić information content (AvgIpc) is 2.88. The van der Waals surface area contributed by atoms with E-state index in [0.29, 0.717) is 0 Å². The third-order valence-corrected chi connectivity index (χ3v) is 4.91. The Balaban J connectivity index is 2.44. The standard InChI is InChI=1S/C15H20F6O3/c1-11(2,3)23-10(22)24-12(4,15(19,20)21)13(16)8-5-6-9(7-8)14(13,17)18/h8-9H,5-7H2,1-4H3. The summed E-state index contributed by atoms with van der Waals surface area (Å²) in [5.74, 6) is -7.27. The van der Waals surface area contributed by atoms with Crippen molar-refractivity contribution in [1.82, 2.24) is 0 Å². The van der Waals surface area contributed by atoms with E-state index in [4.69, 9.17) is 0 Å². The van der Waals surface area contributed by atoms with Crippen molar-refractivity contribution in [1.29, 1.82) is 0 Å². The Bertz CT molecular complexity index is 526.